The van der Waals surface area contributed by atoms with Gasteiger partial charge in [0.25, 0.3) is 0 Å². The SMILES string of the molecule is CCCNC(C)c1c(OC)cccc1Sc1ccoc1C. The molecule has 0 saturated heterocycles. The van der Waals surface area contributed by atoms with Crippen LogP contribution in [0.1, 0.15) is 37.6 Å². The first kappa shape index (κ1) is 16.0. The van der Waals surface area contributed by atoms with Gasteiger partial charge in [0.2, 0.25) is 0 Å². The summed E-state index contributed by atoms with van der Waals surface area (Å²) in [6.45, 7) is 7.33. The van der Waals surface area contributed by atoms with Crippen molar-refractivity contribution in [3.63, 3.8) is 0 Å². The van der Waals surface area contributed by atoms with Crippen molar-refractivity contribution < 1.29 is 9.15 Å². The van der Waals surface area contributed by atoms with Gasteiger partial charge < -0.3 is 14.5 Å². The third-order valence-electron chi connectivity index (χ3n) is 3.41. The van der Waals surface area contributed by atoms with Gasteiger partial charge in [-0.1, -0.05) is 24.8 Å². The number of aryl methyl sites for hydroxylation is 1. The number of benzene rings is 1. The molecule has 21 heavy (non-hydrogen) atoms. The lowest BCUT2D eigenvalue weighted by Crippen LogP contribution is -2.20. The standard InChI is InChI=1S/C17H23NO2S/c1-5-10-18-12(2)17-14(19-4)7-6-8-16(17)21-15-9-11-20-13(15)3/h6-9,11-12,18H,5,10H2,1-4H3. The van der Waals surface area contributed by atoms with Crippen molar-refractivity contribution in [3.05, 3.63) is 41.9 Å². The van der Waals surface area contributed by atoms with Crippen molar-refractivity contribution in [1.82, 2.24) is 5.32 Å². The molecular weight excluding hydrogens is 282 g/mol. The maximum Gasteiger partial charge on any atom is 0.124 e. The van der Waals surface area contributed by atoms with Crippen molar-refractivity contribution in [2.24, 2.45) is 0 Å². The first-order chi connectivity index (χ1) is 10.2. The van der Waals surface area contributed by atoms with Crippen LogP contribution < -0.4 is 10.1 Å². The van der Waals surface area contributed by atoms with Gasteiger partial charge in [0.1, 0.15) is 11.5 Å². The smallest absolute Gasteiger partial charge is 0.124 e. The lowest BCUT2D eigenvalue weighted by Gasteiger charge is -2.20. The minimum Gasteiger partial charge on any atom is -0.496 e. The van der Waals surface area contributed by atoms with Crippen LogP contribution in [0.5, 0.6) is 5.75 Å². The Morgan fingerprint density at radius 2 is 2.10 bits per heavy atom. The monoisotopic (exact) mass is 305 g/mol. The molecule has 0 aliphatic heterocycles. The van der Waals surface area contributed by atoms with E-state index in [1.54, 1.807) is 25.1 Å². The van der Waals surface area contributed by atoms with Crippen molar-refractivity contribution in [3.8, 4) is 5.75 Å². The molecule has 0 bridgehead atoms. The summed E-state index contributed by atoms with van der Waals surface area (Å²) in [5.74, 6) is 1.88. The molecule has 114 valence electrons. The summed E-state index contributed by atoms with van der Waals surface area (Å²) in [7, 11) is 1.73. The van der Waals surface area contributed by atoms with Crippen LogP contribution in [0.2, 0.25) is 0 Å². The largest absolute Gasteiger partial charge is 0.496 e. The molecule has 0 fully saturated rings. The van der Waals surface area contributed by atoms with E-state index < -0.39 is 0 Å². The van der Waals surface area contributed by atoms with Crippen molar-refractivity contribution in [2.45, 2.75) is 43.0 Å². The van der Waals surface area contributed by atoms with Crippen molar-refractivity contribution in [2.75, 3.05) is 13.7 Å². The Bertz CT molecular complexity index is 580. The van der Waals surface area contributed by atoms with E-state index in [1.807, 2.05) is 25.1 Å². The van der Waals surface area contributed by atoms with Crippen LogP contribution in [0.25, 0.3) is 0 Å². The normalized spacial score (nSPS) is 12.4. The second-order valence-corrected chi connectivity index (χ2v) is 6.07. The molecule has 0 aliphatic carbocycles. The minimum absolute atomic E-state index is 0.246. The van der Waals surface area contributed by atoms with E-state index in [1.165, 1.54) is 10.5 Å². The van der Waals surface area contributed by atoms with E-state index in [0.29, 0.717) is 0 Å². The van der Waals surface area contributed by atoms with E-state index in [9.17, 15) is 0 Å². The molecule has 1 aromatic heterocycles. The topological polar surface area (TPSA) is 34.4 Å². The fourth-order valence-electron chi connectivity index (χ4n) is 2.28. The number of nitrogens with one attached hydrogen (secondary N) is 1. The molecule has 1 unspecified atom stereocenters. The first-order valence-electron chi connectivity index (χ1n) is 7.29. The lowest BCUT2D eigenvalue weighted by atomic mass is 10.1. The Morgan fingerprint density at radius 1 is 1.29 bits per heavy atom. The predicted octanol–water partition coefficient (Wildman–Crippen LogP) is 4.81. The minimum atomic E-state index is 0.246. The molecule has 3 nitrogen and oxygen atoms in total. The Hall–Kier alpha value is -1.39. The summed E-state index contributed by atoms with van der Waals surface area (Å²) in [4.78, 5) is 2.35. The maximum absolute atomic E-state index is 5.56. The summed E-state index contributed by atoms with van der Waals surface area (Å²) in [6, 6.07) is 8.45. The quantitative estimate of drug-likeness (QED) is 0.796. The third kappa shape index (κ3) is 3.83. The summed E-state index contributed by atoms with van der Waals surface area (Å²) in [5, 5.41) is 3.54. The number of rotatable bonds is 7. The highest BCUT2D eigenvalue weighted by Crippen LogP contribution is 2.39. The highest BCUT2D eigenvalue weighted by atomic mass is 32.2. The fraction of sp³-hybridized carbons (Fsp3) is 0.412. The van der Waals surface area contributed by atoms with E-state index >= 15 is 0 Å². The molecule has 0 aliphatic rings. The zero-order valence-corrected chi connectivity index (χ0v) is 13.9. The van der Waals surface area contributed by atoms with E-state index in [2.05, 4.69) is 25.2 Å². The summed E-state index contributed by atoms with van der Waals surface area (Å²) in [6.07, 6.45) is 2.85. The Labute approximate surface area is 131 Å². The molecule has 1 aromatic carbocycles. The van der Waals surface area contributed by atoms with Gasteiger partial charge in [0, 0.05) is 16.5 Å². The molecule has 0 amide bonds. The average Bonchev–Trinajstić information content (AvgIpc) is 2.89. The first-order valence-corrected chi connectivity index (χ1v) is 8.11. The molecule has 1 heterocycles. The number of methoxy groups -OCH3 is 1. The van der Waals surface area contributed by atoms with Gasteiger partial charge in [0.15, 0.2) is 0 Å². The van der Waals surface area contributed by atoms with Gasteiger partial charge in [-0.25, -0.2) is 0 Å². The molecule has 2 aromatic rings. The van der Waals surface area contributed by atoms with Crippen LogP contribution in [-0.4, -0.2) is 13.7 Å². The maximum atomic E-state index is 5.56. The summed E-state index contributed by atoms with van der Waals surface area (Å²) >= 11 is 1.73. The zero-order chi connectivity index (χ0) is 15.2. The van der Waals surface area contributed by atoms with Crippen LogP contribution >= 0.6 is 11.8 Å². The van der Waals surface area contributed by atoms with Crippen LogP contribution in [0, 0.1) is 6.92 Å². The third-order valence-corrected chi connectivity index (χ3v) is 4.63. The van der Waals surface area contributed by atoms with Crippen LogP contribution in [0.3, 0.4) is 0 Å². The average molecular weight is 305 g/mol. The molecule has 0 saturated carbocycles. The molecule has 1 atom stereocenters. The lowest BCUT2D eigenvalue weighted by molar-refractivity contribution is 0.399. The number of furan rings is 1. The van der Waals surface area contributed by atoms with E-state index in [-0.39, 0.29) is 6.04 Å². The Morgan fingerprint density at radius 3 is 2.71 bits per heavy atom. The van der Waals surface area contributed by atoms with Gasteiger partial charge in [0.05, 0.1) is 18.3 Å². The molecule has 4 heteroatoms. The van der Waals surface area contributed by atoms with E-state index in [4.69, 9.17) is 9.15 Å². The number of hydrogen-bond donors (Lipinski definition) is 1. The Balaban J connectivity index is 2.33. The van der Waals surface area contributed by atoms with Gasteiger partial charge in [-0.05, 0) is 45.0 Å². The Kier molecular flexibility index (Phi) is 5.76. The highest BCUT2D eigenvalue weighted by Gasteiger charge is 2.17. The van der Waals surface area contributed by atoms with Crippen LogP contribution in [0.15, 0.2) is 44.7 Å². The molecule has 1 N–H and O–H groups in total. The number of hydrogen-bond acceptors (Lipinski definition) is 4. The molecule has 0 spiro atoms. The van der Waals surface area contributed by atoms with Crippen molar-refractivity contribution >= 4 is 11.8 Å². The van der Waals surface area contributed by atoms with Gasteiger partial charge in [-0.15, -0.1) is 0 Å². The van der Waals surface area contributed by atoms with Gasteiger partial charge in [-0.2, -0.15) is 0 Å². The summed E-state index contributed by atoms with van der Waals surface area (Å²) < 4.78 is 11.0. The predicted molar refractivity (Wildman–Crippen MR) is 87.3 cm³/mol. The van der Waals surface area contributed by atoms with Crippen molar-refractivity contribution in [1.29, 1.82) is 0 Å². The van der Waals surface area contributed by atoms with Crippen LogP contribution in [-0.2, 0) is 0 Å². The zero-order valence-electron chi connectivity index (χ0n) is 13.1. The van der Waals surface area contributed by atoms with E-state index in [0.717, 1.165) is 29.4 Å². The number of ether oxygens (including phenoxy) is 1. The second-order valence-electron chi connectivity index (χ2n) is 4.99. The van der Waals surface area contributed by atoms with Gasteiger partial charge >= 0.3 is 0 Å². The second kappa shape index (κ2) is 7.57. The molecule has 2 rings (SSSR count). The highest BCUT2D eigenvalue weighted by molar-refractivity contribution is 7.99. The van der Waals surface area contributed by atoms with Gasteiger partial charge in [-0.3, -0.25) is 0 Å². The van der Waals surface area contributed by atoms with Crippen LogP contribution in [0.4, 0.5) is 0 Å². The molecule has 0 radical (unpaired) electrons. The fourth-order valence-corrected chi connectivity index (χ4v) is 3.36. The molecular formula is C17H23NO2S. The summed E-state index contributed by atoms with van der Waals surface area (Å²) in [5.41, 5.74) is 1.21.